The number of pyridine rings is 1. The number of aryl methyl sites for hydroxylation is 1. The Morgan fingerprint density at radius 1 is 1.10 bits per heavy atom. The quantitative estimate of drug-likeness (QED) is 0.715. The molecule has 0 radical (unpaired) electrons. The molecule has 2 aliphatic carbocycles. The summed E-state index contributed by atoms with van der Waals surface area (Å²) < 4.78 is 0. The molecule has 2 heteroatoms. The SMILES string of the molecule is CC1=CC2CC2C=C1.Cc1cccc2cnccc12.O. The Labute approximate surface area is 120 Å². The molecule has 0 saturated heterocycles. The van der Waals surface area contributed by atoms with Gasteiger partial charge in [-0.2, -0.15) is 0 Å². The van der Waals surface area contributed by atoms with E-state index in [4.69, 9.17) is 0 Å². The zero-order chi connectivity index (χ0) is 13.2. The van der Waals surface area contributed by atoms with Crippen molar-refractivity contribution >= 4 is 10.8 Å². The number of fused-ring (bicyclic) bond motifs is 2. The van der Waals surface area contributed by atoms with E-state index in [1.165, 1.54) is 28.3 Å². The molecule has 1 heterocycles. The van der Waals surface area contributed by atoms with Crippen LogP contribution in [0.15, 0.2) is 60.5 Å². The molecule has 2 aromatic rings. The fourth-order valence-corrected chi connectivity index (χ4v) is 2.60. The minimum absolute atomic E-state index is 0. The van der Waals surface area contributed by atoms with Crippen LogP contribution in [-0.4, -0.2) is 10.5 Å². The second-order valence-corrected chi connectivity index (χ2v) is 5.50. The molecule has 2 aliphatic rings. The van der Waals surface area contributed by atoms with Crippen molar-refractivity contribution in [3.8, 4) is 0 Å². The summed E-state index contributed by atoms with van der Waals surface area (Å²) in [6.45, 7) is 4.29. The van der Waals surface area contributed by atoms with Crippen molar-refractivity contribution in [2.24, 2.45) is 11.8 Å². The number of allylic oxidation sites excluding steroid dienone is 4. The van der Waals surface area contributed by atoms with Crippen molar-refractivity contribution in [2.75, 3.05) is 0 Å². The summed E-state index contributed by atoms with van der Waals surface area (Å²) in [7, 11) is 0. The van der Waals surface area contributed by atoms with Crippen LogP contribution >= 0.6 is 0 Å². The Morgan fingerprint density at radius 3 is 2.65 bits per heavy atom. The highest BCUT2D eigenvalue weighted by Crippen LogP contribution is 2.43. The van der Waals surface area contributed by atoms with Gasteiger partial charge in [-0.15, -0.1) is 0 Å². The van der Waals surface area contributed by atoms with Crippen molar-refractivity contribution in [2.45, 2.75) is 20.3 Å². The van der Waals surface area contributed by atoms with E-state index in [1.54, 1.807) is 0 Å². The van der Waals surface area contributed by atoms with Crippen molar-refractivity contribution in [3.05, 3.63) is 66.0 Å². The van der Waals surface area contributed by atoms with Crippen LogP contribution in [0.25, 0.3) is 10.8 Å². The second kappa shape index (κ2) is 6.02. The number of hydrogen-bond acceptors (Lipinski definition) is 1. The molecule has 0 amide bonds. The maximum Gasteiger partial charge on any atom is 0.0346 e. The second-order valence-electron chi connectivity index (χ2n) is 5.50. The van der Waals surface area contributed by atoms with Crippen LogP contribution in [-0.2, 0) is 0 Å². The Hall–Kier alpha value is -1.93. The molecular formula is C18H21NO. The lowest BCUT2D eigenvalue weighted by molar-refractivity contribution is 0.824. The minimum atomic E-state index is 0. The standard InChI is InChI=1S/C10H9N.C8H10.H2O/c1-8-3-2-4-9-7-11-6-5-10(8)9;1-6-2-3-7-5-8(7)4-6;/h2-7H,1H3;2-4,7-8H,5H2,1H3;1H2. The van der Waals surface area contributed by atoms with Gasteiger partial charge in [-0.1, -0.05) is 42.0 Å². The zero-order valence-electron chi connectivity index (χ0n) is 12.0. The summed E-state index contributed by atoms with van der Waals surface area (Å²) in [5.74, 6) is 1.86. The van der Waals surface area contributed by atoms with Crippen LogP contribution in [0.3, 0.4) is 0 Å². The topological polar surface area (TPSA) is 44.4 Å². The fourth-order valence-electron chi connectivity index (χ4n) is 2.60. The summed E-state index contributed by atoms with van der Waals surface area (Å²) in [6.07, 6.45) is 12.1. The largest absolute Gasteiger partial charge is 0.412 e. The van der Waals surface area contributed by atoms with Gasteiger partial charge in [0.05, 0.1) is 0 Å². The summed E-state index contributed by atoms with van der Waals surface area (Å²) in [6, 6.07) is 8.29. The molecule has 2 N–H and O–H groups in total. The highest BCUT2D eigenvalue weighted by molar-refractivity contribution is 5.84. The van der Waals surface area contributed by atoms with Gasteiger partial charge in [0.1, 0.15) is 0 Å². The van der Waals surface area contributed by atoms with E-state index < -0.39 is 0 Å². The van der Waals surface area contributed by atoms with Crippen molar-refractivity contribution in [3.63, 3.8) is 0 Å². The first kappa shape index (κ1) is 14.5. The third kappa shape index (κ3) is 3.14. The number of hydrogen-bond donors (Lipinski definition) is 0. The molecule has 0 bridgehead atoms. The van der Waals surface area contributed by atoms with Gasteiger partial charge in [-0.05, 0) is 49.1 Å². The van der Waals surface area contributed by atoms with Gasteiger partial charge in [0.2, 0.25) is 0 Å². The normalized spacial score (nSPS) is 22.0. The maximum atomic E-state index is 4.05. The van der Waals surface area contributed by atoms with Crippen molar-refractivity contribution in [1.29, 1.82) is 0 Å². The van der Waals surface area contributed by atoms with E-state index in [9.17, 15) is 0 Å². The number of benzene rings is 1. The van der Waals surface area contributed by atoms with Gasteiger partial charge in [0.25, 0.3) is 0 Å². The van der Waals surface area contributed by atoms with Gasteiger partial charge in [-0.25, -0.2) is 0 Å². The molecule has 104 valence electrons. The van der Waals surface area contributed by atoms with Crippen molar-refractivity contribution < 1.29 is 5.48 Å². The summed E-state index contributed by atoms with van der Waals surface area (Å²) >= 11 is 0. The van der Waals surface area contributed by atoms with E-state index in [1.807, 2.05) is 18.5 Å². The maximum absolute atomic E-state index is 4.05. The monoisotopic (exact) mass is 267 g/mol. The Morgan fingerprint density at radius 2 is 1.95 bits per heavy atom. The molecule has 1 fully saturated rings. The van der Waals surface area contributed by atoms with Gasteiger partial charge in [0.15, 0.2) is 0 Å². The Balaban J connectivity index is 0.000000146. The first-order valence-corrected chi connectivity index (χ1v) is 6.90. The van der Waals surface area contributed by atoms with Gasteiger partial charge in [-0.3, -0.25) is 4.98 Å². The van der Waals surface area contributed by atoms with Gasteiger partial charge in [0, 0.05) is 17.8 Å². The van der Waals surface area contributed by atoms with Crippen LogP contribution in [0.5, 0.6) is 0 Å². The molecule has 1 aromatic heterocycles. The summed E-state index contributed by atoms with van der Waals surface area (Å²) in [5.41, 5.74) is 2.76. The number of aromatic nitrogens is 1. The smallest absolute Gasteiger partial charge is 0.0346 e. The van der Waals surface area contributed by atoms with E-state index >= 15 is 0 Å². The highest BCUT2D eigenvalue weighted by Gasteiger charge is 2.33. The molecule has 0 aliphatic heterocycles. The van der Waals surface area contributed by atoms with Gasteiger partial charge >= 0.3 is 0 Å². The first-order valence-electron chi connectivity index (χ1n) is 6.90. The summed E-state index contributed by atoms with van der Waals surface area (Å²) in [5, 5.41) is 2.51. The fraction of sp³-hybridized carbons (Fsp3) is 0.278. The lowest BCUT2D eigenvalue weighted by Crippen LogP contribution is -1.81. The van der Waals surface area contributed by atoms with E-state index in [0.29, 0.717) is 0 Å². The predicted octanol–water partition coefficient (Wildman–Crippen LogP) is 3.86. The predicted molar refractivity (Wildman–Crippen MR) is 84.6 cm³/mol. The Kier molecular flexibility index (Phi) is 4.35. The van der Waals surface area contributed by atoms with Crippen LogP contribution in [0.4, 0.5) is 0 Å². The molecule has 20 heavy (non-hydrogen) atoms. The molecule has 2 unspecified atom stereocenters. The highest BCUT2D eigenvalue weighted by atomic mass is 16.0. The van der Waals surface area contributed by atoms with Crippen LogP contribution in [0.1, 0.15) is 18.9 Å². The zero-order valence-corrected chi connectivity index (χ0v) is 12.0. The molecule has 1 aromatic carbocycles. The Bertz CT molecular complexity index is 652. The lowest BCUT2D eigenvalue weighted by atomic mass is 10.1. The van der Waals surface area contributed by atoms with Gasteiger partial charge < -0.3 is 5.48 Å². The number of nitrogens with zero attached hydrogens (tertiary/aromatic N) is 1. The van der Waals surface area contributed by atoms with E-state index in [0.717, 1.165) is 11.8 Å². The summed E-state index contributed by atoms with van der Waals surface area (Å²) in [4.78, 5) is 4.05. The average molecular weight is 267 g/mol. The van der Waals surface area contributed by atoms with E-state index in [-0.39, 0.29) is 5.48 Å². The molecule has 2 atom stereocenters. The minimum Gasteiger partial charge on any atom is -0.412 e. The molecule has 1 saturated carbocycles. The molecular weight excluding hydrogens is 246 g/mol. The molecule has 2 nitrogen and oxygen atoms in total. The lowest BCUT2D eigenvalue weighted by Gasteiger charge is -1.98. The third-order valence-electron chi connectivity index (χ3n) is 3.87. The van der Waals surface area contributed by atoms with Crippen LogP contribution in [0, 0.1) is 18.8 Å². The van der Waals surface area contributed by atoms with Crippen LogP contribution < -0.4 is 0 Å². The molecule has 4 rings (SSSR count). The third-order valence-corrected chi connectivity index (χ3v) is 3.87. The van der Waals surface area contributed by atoms with Crippen LogP contribution in [0.2, 0.25) is 0 Å². The number of rotatable bonds is 0. The van der Waals surface area contributed by atoms with E-state index in [2.05, 4.69) is 55.3 Å². The first-order chi connectivity index (χ1) is 9.24. The molecule has 0 spiro atoms. The average Bonchev–Trinajstić information content (AvgIpc) is 3.18. The van der Waals surface area contributed by atoms with Crippen molar-refractivity contribution in [1.82, 2.24) is 4.98 Å².